The zero-order chi connectivity index (χ0) is 22.0. The van der Waals surface area contributed by atoms with Crippen LogP contribution in [0.25, 0.3) is 22.0 Å². The number of H-pyrrole nitrogens is 1. The maximum atomic E-state index is 14.4. The van der Waals surface area contributed by atoms with Gasteiger partial charge in [0.25, 0.3) is 0 Å². The van der Waals surface area contributed by atoms with Crippen molar-refractivity contribution in [2.75, 3.05) is 32.1 Å². The first-order chi connectivity index (χ1) is 15.0. The quantitative estimate of drug-likeness (QED) is 0.577. The number of likely N-dealkylation sites (tertiary alicyclic amines) is 1. The van der Waals surface area contributed by atoms with Gasteiger partial charge in [0.1, 0.15) is 5.82 Å². The summed E-state index contributed by atoms with van der Waals surface area (Å²) < 4.78 is 19.6. The van der Waals surface area contributed by atoms with Crippen LogP contribution < -0.4 is 5.32 Å². The van der Waals surface area contributed by atoms with Gasteiger partial charge >= 0.3 is 0 Å². The zero-order valence-corrected chi connectivity index (χ0v) is 18.4. The number of benzene rings is 2. The van der Waals surface area contributed by atoms with E-state index in [2.05, 4.69) is 27.3 Å². The first-order valence-electron chi connectivity index (χ1n) is 10.4. The van der Waals surface area contributed by atoms with E-state index in [1.807, 2.05) is 6.07 Å². The van der Waals surface area contributed by atoms with Crippen molar-refractivity contribution in [3.63, 3.8) is 0 Å². The smallest absolute Gasteiger partial charge is 0.228 e. The minimum absolute atomic E-state index is 0.0400. The lowest BCUT2D eigenvalue weighted by molar-refractivity contribution is -0.121. The van der Waals surface area contributed by atoms with Crippen LogP contribution in [0.5, 0.6) is 0 Å². The van der Waals surface area contributed by atoms with Gasteiger partial charge in [-0.25, -0.2) is 4.39 Å². The molecule has 0 bridgehead atoms. The highest BCUT2D eigenvalue weighted by atomic mass is 35.5. The number of hydrogen-bond acceptors (Lipinski definition) is 4. The number of fused-ring (bicyclic) bond motifs is 1. The molecule has 2 N–H and O–H groups in total. The maximum Gasteiger partial charge on any atom is 0.228 e. The highest BCUT2D eigenvalue weighted by molar-refractivity contribution is 6.33. The van der Waals surface area contributed by atoms with Crippen LogP contribution in [0, 0.1) is 11.7 Å². The SMILES string of the molecule is COCC(C)N1CCC(C(=O)Nc2n[nH]c3ccc(-c4c(F)cccc4Cl)cc23)CC1. The molecule has 2 aromatic carbocycles. The van der Waals surface area contributed by atoms with Crippen LogP contribution in [0.1, 0.15) is 19.8 Å². The molecule has 1 atom stereocenters. The van der Waals surface area contributed by atoms with Crippen LogP contribution in [-0.2, 0) is 9.53 Å². The number of anilines is 1. The van der Waals surface area contributed by atoms with Gasteiger partial charge in [-0.1, -0.05) is 23.7 Å². The molecule has 31 heavy (non-hydrogen) atoms. The molecule has 4 rings (SSSR count). The second-order valence-corrected chi connectivity index (χ2v) is 8.44. The predicted octanol–water partition coefficient (Wildman–Crippen LogP) is 4.71. The minimum atomic E-state index is -0.393. The number of aromatic amines is 1. The van der Waals surface area contributed by atoms with Crippen LogP contribution in [0.2, 0.25) is 5.02 Å². The van der Waals surface area contributed by atoms with E-state index in [4.69, 9.17) is 16.3 Å². The summed E-state index contributed by atoms with van der Waals surface area (Å²) in [5.74, 6) is -0.0522. The second kappa shape index (κ2) is 9.34. The summed E-state index contributed by atoms with van der Waals surface area (Å²) in [6.07, 6.45) is 1.58. The van der Waals surface area contributed by atoms with Crippen LogP contribution in [0.15, 0.2) is 36.4 Å². The van der Waals surface area contributed by atoms with Crippen molar-refractivity contribution < 1.29 is 13.9 Å². The van der Waals surface area contributed by atoms with Gasteiger partial charge in [0, 0.05) is 30.0 Å². The Hall–Kier alpha value is -2.48. The van der Waals surface area contributed by atoms with Crippen LogP contribution in [-0.4, -0.2) is 53.9 Å². The number of ether oxygens (including phenoxy) is 1. The largest absolute Gasteiger partial charge is 0.383 e. The number of halogens is 2. The number of carbonyl (C=O) groups excluding carboxylic acids is 1. The predicted molar refractivity (Wildman–Crippen MR) is 121 cm³/mol. The number of amides is 1. The van der Waals surface area contributed by atoms with Crippen molar-refractivity contribution in [2.45, 2.75) is 25.8 Å². The number of carbonyl (C=O) groups is 1. The first-order valence-corrected chi connectivity index (χ1v) is 10.8. The van der Waals surface area contributed by atoms with Gasteiger partial charge in [-0.2, -0.15) is 5.10 Å². The number of nitrogens with one attached hydrogen (secondary N) is 2. The van der Waals surface area contributed by atoms with E-state index in [0.717, 1.165) is 36.8 Å². The van der Waals surface area contributed by atoms with Gasteiger partial charge in [0.2, 0.25) is 5.91 Å². The van der Waals surface area contributed by atoms with E-state index in [1.165, 1.54) is 6.07 Å². The van der Waals surface area contributed by atoms with Gasteiger partial charge in [0.15, 0.2) is 5.82 Å². The number of nitrogens with zero attached hydrogens (tertiary/aromatic N) is 2. The zero-order valence-electron chi connectivity index (χ0n) is 17.6. The number of methoxy groups -OCH3 is 1. The molecule has 0 aliphatic carbocycles. The van der Waals surface area contributed by atoms with E-state index in [1.54, 1.807) is 31.4 Å². The maximum absolute atomic E-state index is 14.4. The van der Waals surface area contributed by atoms with Gasteiger partial charge in [-0.05, 0) is 62.7 Å². The molecule has 8 heteroatoms. The van der Waals surface area contributed by atoms with Gasteiger partial charge in [-0.15, -0.1) is 0 Å². The summed E-state index contributed by atoms with van der Waals surface area (Å²) >= 11 is 6.22. The van der Waals surface area contributed by atoms with E-state index in [0.29, 0.717) is 34.6 Å². The van der Waals surface area contributed by atoms with Crippen molar-refractivity contribution in [2.24, 2.45) is 5.92 Å². The summed E-state index contributed by atoms with van der Waals surface area (Å²) in [4.78, 5) is 15.2. The molecule has 1 aromatic heterocycles. The fourth-order valence-electron chi connectivity index (χ4n) is 4.21. The number of piperidine rings is 1. The van der Waals surface area contributed by atoms with Gasteiger partial charge in [0.05, 0.1) is 17.1 Å². The molecule has 164 valence electrons. The molecule has 2 heterocycles. The normalized spacial score (nSPS) is 16.5. The third kappa shape index (κ3) is 4.59. The van der Waals surface area contributed by atoms with Crippen molar-refractivity contribution in [3.8, 4) is 11.1 Å². The standard InChI is InChI=1S/C23H26ClFN4O2/c1-14(13-31-2)29-10-8-15(9-11-29)23(30)26-22-17-12-16(6-7-20(17)27-28-22)21-18(24)4-3-5-19(21)25/h3-7,12,14-15H,8-11,13H2,1-2H3,(H2,26,27,28,30). The van der Waals surface area contributed by atoms with Crippen molar-refractivity contribution in [3.05, 3.63) is 47.2 Å². The van der Waals surface area contributed by atoms with E-state index >= 15 is 0 Å². The Bertz CT molecular complexity index is 1060. The number of aromatic nitrogens is 2. The summed E-state index contributed by atoms with van der Waals surface area (Å²) in [5.41, 5.74) is 1.73. The monoisotopic (exact) mass is 444 g/mol. The van der Waals surface area contributed by atoms with Crippen LogP contribution >= 0.6 is 11.6 Å². The molecule has 1 unspecified atom stereocenters. The Balaban J connectivity index is 1.50. The molecule has 1 fully saturated rings. The molecule has 0 spiro atoms. The van der Waals surface area contributed by atoms with E-state index in [9.17, 15) is 9.18 Å². The highest BCUT2D eigenvalue weighted by Gasteiger charge is 2.28. The highest BCUT2D eigenvalue weighted by Crippen LogP contribution is 2.34. The molecule has 1 aliphatic rings. The molecule has 6 nitrogen and oxygen atoms in total. The molecule has 1 amide bonds. The van der Waals surface area contributed by atoms with Crippen molar-refractivity contribution in [1.29, 1.82) is 0 Å². The first kappa shape index (κ1) is 21.7. The summed E-state index contributed by atoms with van der Waals surface area (Å²) in [6.45, 7) is 4.55. The van der Waals surface area contributed by atoms with Gasteiger partial charge < -0.3 is 10.1 Å². The van der Waals surface area contributed by atoms with Crippen LogP contribution in [0.4, 0.5) is 10.2 Å². The minimum Gasteiger partial charge on any atom is -0.383 e. The Labute approximate surface area is 185 Å². The number of hydrogen-bond donors (Lipinski definition) is 2. The third-order valence-electron chi connectivity index (χ3n) is 5.99. The topological polar surface area (TPSA) is 70.2 Å². The lowest BCUT2D eigenvalue weighted by Crippen LogP contribution is -2.44. The summed E-state index contributed by atoms with van der Waals surface area (Å²) in [5, 5.41) is 11.2. The van der Waals surface area contributed by atoms with E-state index in [-0.39, 0.29) is 11.8 Å². The molecule has 1 saturated heterocycles. The lowest BCUT2D eigenvalue weighted by atomic mass is 9.95. The lowest BCUT2D eigenvalue weighted by Gasteiger charge is -2.35. The van der Waals surface area contributed by atoms with Crippen molar-refractivity contribution in [1.82, 2.24) is 15.1 Å². The second-order valence-electron chi connectivity index (χ2n) is 8.03. The summed E-state index contributed by atoms with van der Waals surface area (Å²) in [6, 6.07) is 10.3. The molecule has 0 radical (unpaired) electrons. The van der Waals surface area contributed by atoms with E-state index < -0.39 is 5.82 Å². The Morgan fingerprint density at radius 1 is 1.35 bits per heavy atom. The summed E-state index contributed by atoms with van der Waals surface area (Å²) in [7, 11) is 1.70. The Kier molecular flexibility index (Phi) is 6.55. The molecule has 3 aromatic rings. The van der Waals surface area contributed by atoms with Gasteiger partial charge in [-0.3, -0.25) is 14.8 Å². The van der Waals surface area contributed by atoms with Crippen LogP contribution in [0.3, 0.4) is 0 Å². The molecular formula is C23H26ClFN4O2. The Morgan fingerprint density at radius 3 is 2.84 bits per heavy atom. The Morgan fingerprint density at radius 2 is 2.13 bits per heavy atom. The molecular weight excluding hydrogens is 419 g/mol. The van der Waals surface area contributed by atoms with Crippen molar-refractivity contribution >= 4 is 34.2 Å². The average Bonchev–Trinajstić information content (AvgIpc) is 3.16. The molecule has 1 aliphatic heterocycles. The average molecular weight is 445 g/mol. The number of rotatable bonds is 6. The fourth-order valence-corrected chi connectivity index (χ4v) is 4.48. The fraction of sp³-hybridized carbons (Fsp3) is 0.391. The third-order valence-corrected chi connectivity index (χ3v) is 6.30. The molecule has 0 saturated carbocycles.